The minimum Gasteiger partial charge on any atom is -0.463 e. The summed E-state index contributed by atoms with van der Waals surface area (Å²) in [6, 6.07) is 10.5. The van der Waals surface area contributed by atoms with Gasteiger partial charge in [0.25, 0.3) is 0 Å². The van der Waals surface area contributed by atoms with Crippen LogP contribution in [0.1, 0.15) is 73.6 Å². The summed E-state index contributed by atoms with van der Waals surface area (Å²) >= 11 is 8.17. The molecular formula is C34H45ClN2O6S2. The first-order valence-corrected chi connectivity index (χ1v) is 18.0. The highest BCUT2D eigenvalue weighted by Crippen LogP contribution is 2.37. The van der Waals surface area contributed by atoms with Crippen molar-refractivity contribution in [1.29, 1.82) is 0 Å². The van der Waals surface area contributed by atoms with Crippen molar-refractivity contribution in [3.8, 4) is 21.6 Å². The largest absolute Gasteiger partial charge is 0.463 e. The number of pyridine rings is 1. The molecule has 8 nitrogen and oxygen atoms in total. The Kier molecular flexibility index (Phi) is 11.9. The lowest BCUT2D eigenvalue weighted by molar-refractivity contribution is -0.149. The van der Waals surface area contributed by atoms with Gasteiger partial charge in [-0.05, 0) is 78.9 Å². The number of nitrogens with zero attached hydrogens (tertiary/aromatic N) is 1. The van der Waals surface area contributed by atoms with Gasteiger partial charge in [-0.1, -0.05) is 65.3 Å². The molecule has 0 aliphatic rings. The van der Waals surface area contributed by atoms with Crippen LogP contribution in [-0.4, -0.2) is 49.5 Å². The maximum atomic E-state index is 13.0. The van der Waals surface area contributed by atoms with E-state index in [0.717, 1.165) is 27.3 Å². The number of alkyl carbamates (subject to hydrolysis) is 1. The van der Waals surface area contributed by atoms with Crippen molar-refractivity contribution in [3.63, 3.8) is 0 Å². The Balaban J connectivity index is 1.73. The third-order valence-corrected chi connectivity index (χ3v) is 10.1. The number of benzene rings is 1. The van der Waals surface area contributed by atoms with Gasteiger partial charge in [0.1, 0.15) is 18.2 Å². The lowest BCUT2D eigenvalue weighted by atomic mass is 9.88. The van der Waals surface area contributed by atoms with Crippen molar-refractivity contribution in [1.82, 2.24) is 10.3 Å². The maximum Gasteiger partial charge on any atom is 0.408 e. The second kappa shape index (κ2) is 14.6. The van der Waals surface area contributed by atoms with E-state index in [9.17, 15) is 18.0 Å². The number of rotatable bonds is 12. The minimum atomic E-state index is -3.22. The van der Waals surface area contributed by atoms with Crippen LogP contribution in [0.15, 0.2) is 48.0 Å². The molecule has 246 valence electrons. The molecule has 0 unspecified atom stereocenters. The number of hydrogen-bond donors (Lipinski definition) is 1. The number of carbonyl (C=O) groups excluding carboxylic acids is 2. The first-order chi connectivity index (χ1) is 20.8. The van der Waals surface area contributed by atoms with E-state index in [1.54, 1.807) is 44.4 Å². The lowest BCUT2D eigenvalue weighted by Crippen LogP contribution is -2.47. The smallest absolute Gasteiger partial charge is 0.408 e. The number of nitrogens with one attached hydrogen (secondary N) is 1. The fourth-order valence-electron chi connectivity index (χ4n) is 4.63. The SMILES string of the molecule is CC(C)CS(=O)(=O)Cc1ccc(-c2cc(-c3ccnc(C(C)(C)COC(=O)[C@@H](NC(=O)OC(C)(C)C)C(C)C)c3)cs2)c(Cl)c1. The van der Waals surface area contributed by atoms with Gasteiger partial charge in [0.2, 0.25) is 0 Å². The highest BCUT2D eigenvalue weighted by atomic mass is 35.5. The Morgan fingerprint density at radius 3 is 2.29 bits per heavy atom. The van der Waals surface area contributed by atoms with E-state index in [1.807, 2.05) is 77.3 Å². The summed E-state index contributed by atoms with van der Waals surface area (Å²) < 4.78 is 35.9. The number of ether oxygens (including phenoxy) is 2. The number of carbonyl (C=O) groups is 2. The van der Waals surface area contributed by atoms with Crippen LogP contribution in [0, 0.1) is 11.8 Å². The van der Waals surface area contributed by atoms with Gasteiger partial charge in [-0.2, -0.15) is 0 Å². The normalized spacial score (nSPS) is 13.2. The highest BCUT2D eigenvalue weighted by molar-refractivity contribution is 7.90. The minimum absolute atomic E-state index is 0.0376. The molecular weight excluding hydrogens is 632 g/mol. The number of amides is 1. The van der Waals surface area contributed by atoms with E-state index < -0.39 is 39.0 Å². The van der Waals surface area contributed by atoms with Gasteiger partial charge in [-0.15, -0.1) is 11.3 Å². The molecule has 0 radical (unpaired) electrons. The van der Waals surface area contributed by atoms with Gasteiger partial charge < -0.3 is 14.8 Å². The average molecular weight is 677 g/mol. The van der Waals surface area contributed by atoms with E-state index in [4.69, 9.17) is 21.1 Å². The summed E-state index contributed by atoms with van der Waals surface area (Å²) in [5.74, 6) is -0.580. The molecule has 0 saturated heterocycles. The lowest BCUT2D eigenvalue weighted by Gasteiger charge is -2.27. The Morgan fingerprint density at radius 1 is 1.00 bits per heavy atom. The summed E-state index contributed by atoms with van der Waals surface area (Å²) in [5, 5.41) is 5.17. The predicted molar refractivity (Wildman–Crippen MR) is 182 cm³/mol. The van der Waals surface area contributed by atoms with Crippen molar-refractivity contribution in [2.45, 2.75) is 85.1 Å². The Morgan fingerprint density at radius 2 is 1.69 bits per heavy atom. The number of halogens is 1. The van der Waals surface area contributed by atoms with Gasteiger partial charge in [0.15, 0.2) is 9.84 Å². The third kappa shape index (κ3) is 10.8. The van der Waals surface area contributed by atoms with E-state index >= 15 is 0 Å². The maximum absolute atomic E-state index is 13.0. The zero-order valence-electron chi connectivity index (χ0n) is 27.6. The fourth-order valence-corrected chi connectivity index (χ4v) is 7.77. The fraction of sp³-hybridized carbons (Fsp3) is 0.500. The molecule has 0 bridgehead atoms. The molecule has 1 N–H and O–H groups in total. The highest BCUT2D eigenvalue weighted by Gasteiger charge is 2.31. The predicted octanol–water partition coefficient (Wildman–Crippen LogP) is 8.07. The summed E-state index contributed by atoms with van der Waals surface area (Å²) in [7, 11) is -3.22. The quantitative estimate of drug-likeness (QED) is 0.193. The summed E-state index contributed by atoms with van der Waals surface area (Å²) in [4.78, 5) is 30.8. The monoisotopic (exact) mass is 676 g/mol. The van der Waals surface area contributed by atoms with Crippen LogP contribution in [0.2, 0.25) is 5.02 Å². The summed E-state index contributed by atoms with van der Waals surface area (Å²) in [5.41, 5.74) is 2.86. The van der Waals surface area contributed by atoms with Crippen molar-refractivity contribution < 1.29 is 27.5 Å². The first-order valence-electron chi connectivity index (χ1n) is 15.0. The Bertz CT molecular complexity index is 1610. The molecule has 0 spiro atoms. The molecule has 3 rings (SSSR count). The van der Waals surface area contributed by atoms with Crippen LogP contribution < -0.4 is 5.32 Å². The molecule has 3 aromatic rings. The van der Waals surface area contributed by atoms with Crippen LogP contribution in [0.4, 0.5) is 4.79 Å². The third-order valence-electron chi connectivity index (χ3n) is 6.83. The molecule has 45 heavy (non-hydrogen) atoms. The molecule has 0 aliphatic carbocycles. The number of thiophene rings is 1. The second-order valence-corrected chi connectivity index (χ2v) is 17.2. The van der Waals surface area contributed by atoms with Crippen LogP contribution in [0.3, 0.4) is 0 Å². The number of aromatic nitrogens is 1. The standard InChI is InChI=1S/C34H45ClN2O6S2/c1-21(2)18-45(40,41)19-23-10-11-26(27(35)14-23)28-15-25(17-44-28)24-12-13-36-29(16-24)34(8,9)20-42-31(38)30(22(3)4)37-32(39)43-33(5,6)7/h10-17,21-22,30H,18-20H2,1-9H3,(H,37,39)/t30-/m0/s1. The van der Waals surface area contributed by atoms with Crippen LogP contribution in [0.5, 0.6) is 0 Å². The van der Waals surface area contributed by atoms with Gasteiger partial charge in [-0.3, -0.25) is 4.98 Å². The second-order valence-electron chi connectivity index (χ2n) is 13.8. The van der Waals surface area contributed by atoms with E-state index in [-0.39, 0.29) is 29.9 Å². The molecule has 2 heterocycles. The van der Waals surface area contributed by atoms with Gasteiger partial charge in [0, 0.05) is 32.8 Å². The van der Waals surface area contributed by atoms with E-state index in [1.165, 1.54) is 0 Å². The van der Waals surface area contributed by atoms with Crippen LogP contribution >= 0.6 is 22.9 Å². The molecule has 0 aliphatic heterocycles. The van der Waals surface area contributed by atoms with Crippen molar-refractivity contribution >= 4 is 44.8 Å². The molecule has 0 fully saturated rings. The van der Waals surface area contributed by atoms with Crippen LogP contribution in [0.25, 0.3) is 21.6 Å². The number of hydrogen-bond acceptors (Lipinski definition) is 8. The first kappa shape index (κ1) is 36.5. The summed E-state index contributed by atoms with van der Waals surface area (Å²) in [6.07, 6.45) is 1.06. The Hall–Kier alpha value is -2.95. The van der Waals surface area contributed by atoms with Crippen LogP contribution in [-0.2, 0) is 35.3 Å². The molecule has 11 heteroatoms. The summed E-state index contributed by atoms with van der Waals surface area (Å²) in [6.45, 7) is 16.7. The average Bonchev–Trinajstić information content (AvgIpc) is 3.38. The molecule has 1 amide bonds. The molecule has 1 aromatic carbocycles. The van der Waals surface area contributed by atoms with Gasteiger partial charge >= 0.3 is 12.1 Å². The van der Waals surface area contributed by atoms with E-state index in [2.05, 4.69) is 10.3 Å². The van der Waals surface area contributed by atoms with Crippen molar-refractivity contribution in [2.75, 3.05) is 12.4 Å². The zero-order chi connectivity index (χ0) is 33.7. The topological polar surface area (TPSA) is 112 Å². The van der Waals surface area contributed by atoms with Crippen molar-refractivity contribution in [3.05, 3.63) is 64.3 Å². The molecule has 2 aromatic heterocycles. The van der Waals surface area contributed by atoms with Gasteiger partial charge in [-0.25, -0.2) is 18.0 Å². The van der Waals surface area contributed by atoms with E-state index in [0.29, 0.717) is 10.6 Å². The number of sulfone groups is 1. The molecule has 1 atom stereocenters. The zero-order valence-corrected chi connectivity index (χ0v) is 30.0. The Labute approximate surface area is 276 Å². The van der Waals surface area contributed by atoms with Gasteiger partial charge in [0.05, 0.1) is 11.5 Å². The molecule has 0 saturated carbocycles. The number of esters is 1. The van der Waals surface area contributed by atoms with Crippen molar-refractivity contribution in [2.24, 2.45) is 11.8 Å².